The van der Waals surface area contributed by atoms with Gasteiger partial charge in [0, 0.05) is 19.1 Å². The maximum atomic E-state index is 12.0. The van der Waals surface area contributed by atoms with Gasteiger partial charge in [0.25, 0.3) is 0 Å². The van der Waals surface area contributed by atoms with E-state index in [1.165, 1.54) is 24.0 Å². The highest BCUT2D eigenvalue weighted by Gasteiger charge is 2.47. The lowest BCUT2D eigenvalue weighted by molar-refractivity contribution is 0.00939. The van der Waals surface area contributed by atoms with Crippen LogP contribution in [-0.2, 0) is 11.2 Å². The summed E-state index contributed by atoms with van der Waals surface area (Å²) in [6, 6.07) is 8.22. The molecule has 1 saturated carbocycles. The molecule has 2 aliphatic rings. The summed E-state index contributed by atoms with van der Waals surface area (Å²) in [5, 5.41) is 0. The summed E-state index contributed by atoms with van der Waals surface area (Å²) < 4.78 is 5.55. The van der Waals surface area contributed by atoms with Crippen LogP contribution in [-0.4, -0.2) is 31.2 Å². The molecule has 4 heteroatoms. The number of primary amides is 1. The number of carbonyl (C=O) groups excluding carboxylic acids is 1. The Kier molecular flexibility index (Phi) is 3.89. The van der Waals surface area contributed by atoms with Crippen LogP contribution in [0.2, 0.25) is 0 Å². The van der Waals surface area contributed by atoms with Gasteiger partial charge in [0.15, 0.2) is 0 Å². The van der Waals surface area contributed by atoms with E-state index in [1.807, 2.05) is 4.90 Å². The van der Waals surface area contributed by atoms with Crippen LogP contribution in [0.15, 0.2) is 24.3 Å². The average molecular weight is 288 g/mol. The first-order valence-corrected chi connectivity index (χ1v) is 7.81. The normalized spacial score (nSPS) is 23.9. The van der Waals surface area contributed by atoms with Crippen molar-refractivity contribution in [2.75, 3.05) is 20.3 Å². The van der Waals surface area contributed by atoms with E-state index in [4.69, 9.17) is 10.5 Å². The summed E-state index contributed by atoms with van der Waals surface area (Å²) in [5.41, 5.74) is 8.31. The Morgan fingerprint density at radius 1 is 1.38 bits per heavy atom. The summed E-state index contributed by atoms with van der Waals surface area (Å²) in [7, 11) is 1.75. The third-order valence-corrected chi connectivity index (χ3v) is 5.18. The minimum absolute atomic E-state index is 0.0142. The highest BCUT2D eigenvalue weighted by Crippen LogP contribution is 2.52. The summed E-state index contributed by atoms with van der Waals surface area (Å²) in [5.74, 6) is 0. The summed E-state index contributed by atoms with van der Waals surface area (Å²) in [6.07, 6.45) is 5.50. The fourth-order valence-electron chi connectivity index (χ4n) is 4.33. The van der Waals surface area contributed by atoms with Gasteiger partial charge >= 0.3 is 6.03 Å². The number of rotatable bonds is 3. The molecule has 21 heavy (non-hydrogen) atoms. The zero-order chi connectivity index (χ0) is 14.9. The van der Waals surface area contributed by atoms with Crippen molar-refractivity contribution in [1.29, 1.82) is 0 Å². The topological polar surface area (TPSA) is 55.6 Å². The van der Waals surface area contributed by atoms with Gasteiger partial charge in [-0.1, -0.05) is 37.1 Å². The first kappa shape index (κ1) is 14.4. The molecule has 0 saturated heterocycles. The molecule has 1 atom stereocenters. The monoisotopic (exact) mass is 288 g/mol. The van der Waals surface area contributed by atoms with Crippen LogP contribution in [0.1, 0.15) is 42.9 Å². The fraction of sp³-hybridized carbons (Fsp3) is 0.588. The number of nitrogens with two attached hydrogens (primary N) is 1. The number of urea groups is 1. The van der Waals surface area contributed by atoms with Crippen molar-refractivity contribution < 1.29 is 9.53 Å². The zero-order valence-corrected chi connectivity index (χ0v) is 12.7. The fourth-order valence-corrected chi connectivity index (χ4v) is 4.33. The molecule has 0 spiro atoms. The van der Waals surface area contributed by atoms with E-state index >= 15 is 0 Å². The Balaban J connectivity index is 2.07. The molecule has 0 aromatic heterocycles. The highest BCUT2D eigenvalue weighted by atomic mass is 16.5. The Morgan fingerprint density at radius 3 is 2.76 bits per heavy atom. The van der Waals surface area contributed by atoms with E-state index in [1.54, 1.807) is 7.11 Å². The molecular formula is C17H24N2O2. The predicted molar refractivity (Wildman–Crippen MR) is 82.0 cm³/mol. The van der Waals surface area contributed by atoms with Crippen molar-refractivity contribution in [2.24, 2.45) is 11.1 Å². The van der Waals surface area contributed by atoms with Crippen LogP contribution in [0.5, 0.6) is 0 Å². The molecule has 1 unspecified atom stereocenters. The number of hydrogen-bond acceptors (Lipinski definition) is 2. The van der Waals surface area contributed by atoms with Crippen LogP contribution < -0.4 is 5.73 Å². The van der Waals surface area contributed by atoms with E-state index in [9.17, 15) is 4.79 Å². The number of carbonyl (C=O) groups is 1. The number of amides is 2. The van der Waals surface area contributed by atoms with E-state index in [-0.39, 0.29) is 17.5 Å². The van der Waals surface area contributed by atoms with Crippen LogP contribution in [0.25, 0.3) is 0 Å². The van der Waals surface area contributed by atoms with Crippen molar-refractivity contribution >= 4 is 6.03 Å². The van der Waals surface area contributed by atoms with Gasteiger partial charge in [-0.3, -0.25) is 0 Å². The van der Waals surface area contributed by atoms with E-state index in [0.29, 0.717) is 13.2 Å². The van der Waals surface area contributed by atoms with E-state index < -0.39 is 0 Å². The molecule has 2 N–H and O–H groups in total. The van der Waals surface area contributed by atoms with Crippen molar-refractivity contribution in [3.05, 3.63) is 35.4 Å². The van der Waals surface area contributed by atoms with Gasteiger partial charge in [-0.25, -0.2) is 4.79 Å². The molecule has 1 aromatic carbocycles. The predicted octanol–water partition coefficient (Wildman–Crippen LogP) is 2.87. The quantitative estimate of drug-likeness (QED) is 0.929. The number of nitrogens with zero attached hydrogens (tertiary/aromatic N) is 1. The molecular weight excluding hydrogens is 264 g/mol. The minimum Gasteiger partial charge on any atom is -0.384 e. The maximum Gasteiger partial charge on any atom is 0.315 e. The summed E-state index contributed by atoms with van der Waals surface area (Å²) in [6.45, 7) is 1.40. The maximum absolute atomic E-state index is 12.0. The second-order valence-corrected chi connectivity index (χ2v) is 6.39. The Bertz CT molecular complexity index is 523. The molecule has 1 aromatic rings. The smallest absolute Gasteiger partial charge is 0.315 e. The SMILES string of the molecule is COCC1(C2c3ccccc3CCN2C(N)=O)CCCC1. The van der Waals surface area contributed by atoms with Crippen LogP contribution in [0, 0.1) is 5.41 Å². The minimum atomic E-state index is -0.308. The number of methoxy groups -OCH3 is 1. The van der Waals surface area contributed by atoms with Crippen molar-refractivity contribution in [3.63, 3.8) is 0 Å². The van der Waals surface area contributed by atoms with E-state index in [2.05, 4.69) is 24.3 Å². The molecule has 1 aliphatic carbocycles. The largest absolute Gasteiger partial charge is 0.384 e. The highest BCUT2D eigenvalue weighted by molar-refractivity contribution is 5.73. The number of ether oxygens (including phenoxy) is 1. The van der Waals surface area contributed by atoms with Crippen LogP contribution >= 0.6 is 0 Å². The van der Waals surface area contributed by atoms with Gasteiger partial charge in [-0.05, 0) is 30.4 Å². The van der Waals surface area contributed by atoms with Gasteiger partial charge < -0.3 is 15.4 Å². The van der Waals surface area contributed by atoms with Crippen LogP contribution in [0.3, 0.4) is 0 Å². The Labute approximate surface area is 126 Å². The van der Waals surface area contributed by atoms with Gasteiger partial charge in [0.1, 0.15) is 0 Å². The van der Waals surface area contributed by atoms with Crippen molar-refractivity contribution in [3.8, 4) is 0 Å². The third kappa shape index (κ3) is 2.42. The summed E-state index contributed by atoms with van der Waals surface area (Å²) in [4.78, 5) is 13.9. The molecule has 1 aliphatic heterocycles. The number of benzene rings is 1. The number of hydrogen-bond donors (Lipinski definition) is 1. The Morgan fingerprint density at radius 2 is 2.10 bits per heavy atom. The number of fused-ring (bicyclic) bond motifs is 1. The first-order chi connectivity index (χ1) is 10.2. The summed E-state index contributed by atoms with van der Waals surface area (Å²) >= 11 is 0. The molecule has 3 rings (SSSR count). The molecule has 2 amide bonds. The lowest BCUT2D eigenvalue weighted by atomic mass is 9.72. The van der Waals surface area contributed by atoms with E-state index in [0.717, 1.165) is 19.3 Å². The third-order valence-electron chi connectivity index (χ3n) is 5.18. The van der Waals surface area contributed by atoms with Crippen molar-refractivity contribution in [1.82, 2.24) is 4.90 Å². The molecule has 0 radical (unpaired) electrons. The zero-order valence-electron chi connectivity index (χ0n) is 12.7. The van der Waals surface area contributed by atoms with Gasteiger partial charge in [-0.2, -0.15) is 0 Å². The average Bonchev–Trinajstić information content (AvgIpc) is 2.95. The first-order valence-electron chi connectivity index (χ1n) is 7.81. The molecule has 4 nitrogen and oxygen atoms in total. The molecule has 1 fully saturated rings. The molecule has 1 heterocycles. The standard InChI is InChI=1S/C17H24N2O2/c1-21-12-17(9-4-5-10-17)15-14-7-3-2-6-13(14)8-11-19(15)16(18)20/h2-3,6-7,15H,4-5,8-12H2,1H3,(H2,18,20). The lowest BCUT2D eigenvalue weighted by Gasteiger charge is -2.46. The molecule has 0 bridgehead atoms. The second kappa shape index (κ2) is 5.68. The van der Waals surface area contributed by atoms with Crippen molar-refractivity contribution in [2.45, 2.75) is 38.1 Å². The van der Waals surface area contributed by atoms with Crippen LogP contribution in [0.4, 0.5) is 4.79 Å². The van der Waals surface area contributed by atoms with Gasteiger partial charge in [0.05, 0.1) is 12.6 Å². The Hall–Kier alpha value is -1.55. The van der Waals surface area contributed by atoms with Gasteiger partial charge in [0.2, 0.25) is 0 Å². The second-order valence-electron chi connectivity index (χ2n) is 6.39. The lowest BCUT2D eigenvalue weighted by Crippen LogP contribution is -2.50. The molecule has 114 valence electrons. The van der Waals surface area contributed by atoms with Gasteiger partial charge in [-0.15, -0.1) is 0 Å².